The highest BCUT2D eigenvalue weighted by Crippen LogP contribution is 2.34. The van der Waals surface area contributed by atoms with Crippen LogP contribution in [0.1, 0.15) is 55.3 Å². The summed E-state index contributed by atoms with van der Waals surface area (Å²) in [6.45, 7) is 7.14. The van der Waals surface area contributed by atoms with Crippen LogP contribution in [-0.2, 0) is 0 Å². The summed E-state index contributed by atoms with van der Waals surface area (Å²) in [5, 5.41) is 3.19. The maximum atomic E-state index is 13.0. The van der Waals surface area contributed by atoms with E-state index < -0.39 is 0 Å². The Morgan fingerprint density at radius 1 is 1.19 bits per heavy atom. The molecule has 1 unspecified atom stereocenters. The van der Waals surface area contributed by atoms with E-state index in [1.807, 2.05) is 30.0 Å². The number of nitrogens with one attached hydrogen (secondary N) is 1. The molecule has 0 aliphatic carbocycles. The number of benzene rings is 2. The van der Waals surface area contributed by atoms with Crippen molar-refractivity contribution in [1.29, 1.82) is 0 Å². The Bertz CT molecular complexity index is 768. The maximum Gasteiger partial charge on any atom is 0.322 e. The van der Waals surface area contributed by atoms with Crippen molar-refractivity contribution in [1.82, 2.24) is 4.90 Å². The predicted molar refractivity (Wildman–Crippen MR) is 106 cm³/mol. The first-order valence-corrected chi connectivity index (χ1v) is 9.32. The maximum absolute atomic E-state index is 13.0. The van der Waals surface area contributed by atoms with Gasteiger partial charge in [0.25, 0.3) is 0 Å². The van der Waals surface area contributed by atoms with Crippen LogP contribution in [-0.4, -0.2) is 24.6 Å². The molecule has 1 fully saturated rings. The van der Waals surface area contributed by atoms with E-state index in [1.165, 1.54) is 5.56 Å². The third kappa shape index (κ3) is 3.69. The number of amides is 2. The molecule has 1 heterocycles. The van der Waals surface area contributed by atoms with E-state index in [0.717, 1.165) is 42.0 Å². The van der Waals surface area contributed by atoms with Gasteiger partial charge >= 0.3 is 6.03 Å². The van der Waals surface area contributed by atoms with Crippen molar-refractivity contribution in [2.75, 3.05) is 19.0 Å². The first-order valence-electron chi connectivity index (χ1n) is 9.32. The van der Waals surface area contributed by atoms with Gasteiger partial charge in [-0.05, 0) is 54.5 Å². The molecular weight excluding hydrogens is 324 g/mol. The van der Waals surface area contributed by atoms with Crippen molar-refractivity contribution in [2.24, 2.45) is 0 Å². The molecular formula is C22H28N2O2. The van der Waals surface area contributed by atoms with Gasteiger partial charge in [-0.1, -0.05) is 44.2 Å². The van der Waals surface area contributed by atoms with Crippen LogP contribution in [0.4, 0.5) is 10.5 Å². The van der Waals surface area contributed by atoms with Crippen molar-refractivity contribution in [3.05, 3.63) is 59.2 Å². The van der Waals surface area contributed by atoms with Crippen molar-refractivity contribution < 1.29 is 9.53 Å². The highest BCUT2D eigenvalue weighted by Gasteiger charge is 2.30. The number of aryl methyl sites for hydroxylation is 1. The van der Waals surface area contributed by atoms with Crippen LogP contribution in [0, 0.1) is 6.92 Å². The highest BCUT2D eigenvalue weighted by molar-refractivity contribution is 5.91. The van der Waals surface area contributed by atoms with Crippen LogP contribution >= 0.6 is 0 Å². The third-order valence-corrected chi connectivity index (χ3v) is 5.17. The zero-order valence-electron chi connectivity index (χ0n) is 16.1. The van der Waals surface area contributed by atoms with E-state index in [0.29, 0.717) is 5.92 Å². The van der Waals surface area contributed by atoms with Gasteiger partial charge in [-0.25, -0.2) is 4.79 Å². The number of rotatable bonds is 4. The van der Waals surface area contributed by atoms with E-state index in [-0.39, 0.29) is 12.1 Å². The molecule has 26 heavy (non-hydrogen) atoms. The lowest BCUT2D eigenvalue weighted by Gasteiger charge is -2.27. The highest BCUT2D eigenvalue weighted by atomic mass is 16.5. The Balaban J connectivity index is 1.81. The molecule has 138 valence electrons. The molecule has 0 saturated carbocycles. The molecule has 1 atom stereocenters. The fraction of sp³-hybridized carbons (Fsp3) is 0.409. The minimum absolute atomic E-state index is 0.0143. The molecule has 4 heteroatoms. The predicted octanol–water partition coefficient (Wildman–Crippen LogP) is 5.50. The van der Waals surface area contributed by atoms with E-state index >= 15 is 0 Å². The standard InChI is InChI=1S/C22H28N2O2/c1-15(2)19-8-5-7-16(3)21(19)23-22(25)24-14-6-9-20(24)17-10-12-18(26-4)13-11-17/h5,7-8,10-13,15,20H,6,9,14H2,1-4H3,(H,23,25). The summed E-state index contributed by atoms with van der Waals surface area (Å²) in [5.41, 5.74) is 4.39. The largest absolute Gasteiger partial charge is 0.497 e. The molecule has 1 N–H and O–H groups in total. The molecule has 0 spiro atoms. The molecule has 3 rings (SSSR count). The quantitative estimate of drug-likeness (QED) is 0.790. The fourth-order valence-corrected chi connectivity index (χ4v) is 3.70. The molecule has 1 saturated heterocycles. The molecule has 2 aromatic rings. The first kappa shape index (κ1) is 18.3. The number of urea groups is 1. The van der Waals surface area contributed by atoms with Gasteiger partial charge in [0.05, 0.1) is 13.2 Å². The number of ether oxygens (including phenoxy) is 1. The van der Waals surface area contributed by atoms with E-state index in [4.69, 9.17) is 4.74 Å². The minimum Gasteiger partial charge on any atom is -0.497 e. The topological polar surface area (TPSA) is 41.6 Å². The smallest absolute Gasteiger partial charge is 0.322 e. The van der Waals surface area contributed by atoms with Crippen molar-refractivity contribution in [3.8, 4) is 5.75 Å². The second-order valence-corrected chi connectivity index (χ2v) is 7.25. The average molecular weight is 352 g/mol. The number of carbonyl (C=O) groups is 1. The second-order valence-electron chi connectivity index (χ2n) is 7.25. The van der Waals surface area contributed by atoms with Crippen molar-refractivity contribution in [2.45, 2.75) is 45.6 Å². The lowest BCUT2D eigenvalue weighted by atomic mass is 9.98. The van der Waals surface area contributed by atoms with Crippen molar-refractivity contribution >= 4 is 11.7 Å². The van der Waals surface area contributed by atoms with Gasteiger partial charge in [-0.15, -0.1) is 0 Å². The summed E-state index contributed by atoms with van der Waals surface area (Å²) < 4.78 is 5.24. The Hall–Kier alpha value is -2.49. The zero-order chi connectivity index (χ0) is 18.7. The van der Waals surface area contributed by atoms with Gasteiger partial charge in [-0.2, -0.15) is 0 Å². The van der Waals surface area contributed by atoms with Crippen LogP contribution in [0.2, 0.25) is 0 Å². The number of methoxy groups -OCH3 is 1. The number of para-hydroxylation sites is 1. The SMILES string of the molecule is COc1ccc(C2CCCN2C(=O)Nc2c(C)cccc2C(C)C)cc1. The summed E-state index contributed by atoms with van der Waals surface area (Å²) in [7, 11) is 1.67. The van der Waals surface area contributed by atoms with E-state index in [2.05, 4.69) is 43.4 Å². The monoisotopic (exact) mass is 352 g/mol. The zero-order valence-corrected chi connectivity index (χ0v) is 16.1. The first-order chi connectivity index (χ1) is 12.5. The number of hydrogen-bond acceptors (Lipinski definition) is 2. The number of carbonyl (C=O) groups excluding carboxylic acids is 1. The number of likely N-dealkylation sites (tertiary alicyclic amines) is 1. The van der Waals surface area contributed by atoms with Gasteiger partial charge in [-0.3, -0.25) is 0 Å². The van der Waals surface area contributed by atoms with Crippen LogP contribution in [0.3, 0.4) is 0 Å². The molecule has 4 nitrogen and oxygen atoms in total. The Labute approximate surface area is 156 Å². The van der Waals surface area contributed by atoms with Crippen LogP contribution < -0.4 is 10.1 Å². The lowest BCUT2D eigenvalue weighted by molar-refractivity contribution is 0.207. The number of nitrogens with zero attached hydrogens (tertiary/aromatic N) is 1. The molecule has 2 aromatic carbocycles. The normalized spacial score (nSPS) is 16.8. The van der Waals surface area contributed by atoms with Gasteiger partial charge in [0.1, 0.15) is 5.75 Å². The summed E-state index contributed by atoms with van der Waals surface area (Å²) in [5.74, 6) is 1.20. The van der Waals surface area contributed by atoms with Crippen LogP contribution in [0.25, 0.3) is 0 Å². The van der Waals surface area contributed by atoms with Crippen LogP contribution in [0.15, 0.2) is 42.5 Å². The molecule has 0 radical (unpaired) electrons. The third-order valence-electron chi connectivity index (χ3n) is 5.17. The van der Waals surface area contributed by atoms with E-state index in [9.17, 15) is 4.79 Å². The second kappa shape index (κ2) is 7.81. The van der Waals surface area contributed by atoms with Crippen LogP contribution in [0.5, 0.6) is 5.75 Å². The summed E-state index contributed by atoms with van der Waals surface area (Å²) in [4.78, 5) is 15.0. The number of hydrogen-bond donors (Lipinski definition) is 1. The lowest BCUT2D eigenvalue weighted by Crippen LogP contribution is -2.35. The average Bonchev–Trinajstić information content (AvgIpc) is 3.13. The summed E-state index contributed by atoms with van der Waals surface area (Å²) >= 11 is 0. The molecule has 0 aromatic heterocycles. The minimum atomic E-state index is -0.0143. The molecule has 2 amide bonds. The Kier molecular flexibility index (Phi) is 5.50. The molecule has 1 aliphatic heterocycles. The number of anilines is 1. The molecule has 0 bridgehead atoms. The Morgan fingerprint density at radius 3 is 2.58 bits per heavy atom. The molecule has 1 aliphatic rings. The summed E-state index contributed by atoms with van der Waals surface area (Å²) in [6.07, 6.45) is 2.01. The van der Waals surface area contributed by atoms with E-state index in [1.54, 1.807) is 7.11 Å². The van der Waals surface area contributed by atoms with Crippen molar-refractivity contribution in [3.63, 3.8) is 0 Å². The van der Waals surface area contributed by atoms with Gasteiger partial charge in [0.2, 0.25) is 0 Å². The van der Waals surface area contributed by atoms with Gasteiger partial charge in [0, 0.05) is 12.2 Å². The summed E-state index contributed by atoms with van der Waals surface area (Å²) in [6, 6.07) is 14.3. The van der Waals surface area contributed by atoms with Gasteiger partial charge in [0.15, 0.2) is 0 Å². The van der Waals surface area contributed by atoms with Gasteiger partial charge < -0.3 is 15.0 Å². The fourth-order valence-electron chi connectivity index (χ4n) is 3.70. The Morgan fingerprint density at radius 2 is 1.92 bits per heavy atom.